The number of benzene rings is 1. The van der Waals surface area contributed by atoms with E-state index in [1.807, 2.05) is 23.9 Å². The fraction of sp³-hybridized carbons (Fsp3) is 0.400. The lowest BCUT2D eigenvalue weighted by molar-refractivity contribution is 0.0948. The second-order valence-corrected chi connectivity index (χ2v) is 5.67. The van der Waals surface area contributed by atoms with Gasteiger partial charge < -0.3 is 11.1 Å². The molecule has 19 heavy (non-hydrogen) atoms. The highest BCUT2D eigenvalue weighted by Gasteiger charge is 2.16. The van der Waals surface area contributed by atoms with Crippen molar-refractivity contribution in [3.05, 3.63) is 35.4 Å². The lowest BCUT2D eigenvalue weighted by Gasteiger charge is -2.09. The van der Waals surface area contributed by atoms with E-state index in [1.54, 1.807) is 12.1 Å². The Morgan fingerprint density at radius 3 is 2.84 bits per heavy atom. The van der Waals surface area contributed by atoms with Crippen LogP contribution in [0.4, 0.5) is 0 Å². The number of nitrogens with two attached hydrogens (primary N) is 1. The normalized spacial score (nSPS) is 17.6. The minimum atomic E-state index is -0.00441. The quantitative estimate of drug-likeness (QED) is 0.821. The fourth-order valence-electron chi connectivity index (χ4n) is 1.94. The first-order valence-electron chi connectivity index (χ1n) is 6.44. The van der Waals surface area contributed by atoms with E-state index in [2.05, 4.69) is 17.2 Å². The van der Waals surface area contributed by atoms with Gasteiger partial charge in [-0.2, -0.15) is 11.8 Å². The molecule has 1 aromatic carbocycles. The van der Waals surface area contributed by atoms with Gasteiger partial charge in [0.2, 0.25) is 0 Å². The summed E-state index contributed by atoms with van der Waals surface area (Å²) in [6.45, 7) is 1.13. The first-order valence-corrected chi connectivity index (χ1v) is 7.60. The summed E-state index contributed by atoms with van der Waals surface area (Å²) in [7, 11) is 0. The standard InChI is InChI=1S/C15H18N2OS/c16-8-1-2-12-3-5-14(6-4-12)15(18)17-10-13-7-9-19-11-13/h3-6,13H,7-11,16H2,(H,17,18). The summed E-state index contributed by atoms with van der Waals surface area (Å²) in [6.07, 6.45) is 1.21. The second kappa shape index (κ2) is 7.22. The molecule has 2 rings (SSSR count). The molecule has 0 radical (unpaired) electrons. The SMILES string of the molecule is NCC#Cc1ccc(C(=O)NCC2CCSC2)cc1. The van der Waals surface area contributed by atoms with Gasteiger partial charge in [-0.3, -0.25) is 4.79 Å². The molecule has 3 N–H and O–H groups in total. The number of hydrogen-bond acceptors (Lipinski definition) is 3. The number of carbonyl (C=O) groups excluding carboxylic acids is 1. The third-order valence-electron chi connectivity index (χ3n) is 3.06. The lowest BCUT2D eigenvalue weighted by atomic mass is 10.1. The van der Waals surface area contributed by atoms with Gasteiger partial charge in [-0.05, 0) is 48.1 Å². The molecule has 100 valence electrons. The lowest BCUT2D eigenvalue weighted by Crippen LogP contribution is -2.29. The minimum absolute atomic E-state index is 0.00441. The van der Waals surface area contributed by atoms with Crippen LogP contribution in [0.5, 0.6) is 0 Å². The molecule has 1 unspecified atom stereocenters. The van der Waals surface area contributed by atoms with Crippen molar-refractivity contribution in [2.45, 2.75) is 6.42 Å². The number of hydrogen-bond donors (Lipinski definition) is 2. The van der Waals surface area contributed by atoms with Gasteiger partial charge in [0.05, 0.1) is 6.54 Å². The van der Waals surface area contributed by atoms with Gasteiger partial charge in [0.25, 0.3) is 5.91 Å². The van der Waals surface area contributed by atoms with Gasteiger partial charge in [-0.15, -0.1) is 0 Å². The molecule has 1 heterocycles. The van der Waals surface area contributed by atoms with E-state index in [9.17, 15) is 4.79 Å². The van der Waals surface area contributed by atoms with Crippen LogP contribution in [-0.2, 0) is 0 Å². The average molecular weight is 274 g/mol. The largest absolute Gasteiger partial charge is 0.352 e. The smallest absolute Gasteiger partial charge is 0.251 e. The van der Waals surface area contributed by atoms with Crippen LogP contribution < -0.4 is 11.1 Å². The zero-order valence-corrected chi connectivity index (χ0v) is 11.6. The van der Waals surface area contributed by atoms with Crippen molar-refractivity contribution in [3.63, 3.8) is 0 Å². The van der Waals surface area contributed by atoms with Crippen LogP contribution in [0.15, 0.2) is 24.3 Å². The molecule has 1 fully saturated rings. The van der Waals surface area contributed by atoms with Crippen molar-refractivity contribution in [2.75, 3.05) is 24.6 Å². The number of rotatable bonds is 3. The molecule has 1 aromatic rings. The van der Waals surface area contributed by atoms with Crippen LogP contribution in [-0.4, -0.2) is 30.5 Å². The van der Waals surface area contributed by atoms with Crippen LogP contribution in [0.3, 0.4) is 0 Å². The maximum atomic E-state index is 12.0. The van der Waals surface area contributed by atoms with Crippen LogP contribution in [0.2, 0.25) is 0 Å². The summed E-state index contributed by atoms with van der Waals surface area (Å²) in [5.41, 5.74) is 6.88. The molecular weight excluding hydrogens is 256 g/mol. The van der Waals surface area contributed by atoms with Crippen LogP contribution in [0, 0.1) is 17.8 Å². The molecule has 3 nitrogen and oxygen atoms in total. The van der Waals surface area contributed by atoms with Crippen molar-refractivity contribution in [2.24, 2.45) is 11.7 Å². The van der Waals surface area contributed by atoms with Crippen LogP contribution in [0.25, 0.3) is 0 Å². The molecular formula is C15H18N2OS. The molecule has 0 saturated carbocycles. The molecule has 1 saturated heterocycles. The first kappa shape index (κ1) is 14.0. The molecule has 0 bridgehead atoms. The monoisotopic (exact) mass is 274 g/mol. The highest BCUT2D eigenvalue weighted by molar-refractivity contribution is 7.99. The van der Waals surface area contributed by atoms with Gasteiger partial charge in [-0.25, -0.2) is 0 Å². The van der Waals surface area contributed by atoms with Crippen molar-refractivity contribution in [3.8, 4) is 11.8 Å². The molecule has 1 atom stereocenters. The average Bonchev–Trinajstić information content (AvgIpc) is 2.96. The summed E-state index contributed by atoms with van der Waals surface area (Å²) in [5.74, 6) is 8.73. The Kier molecular flexibility index (Phi) is 5.31. The predicted octanol–water partition coefficient (Wildman–Crippen LogP) is 1.48. The summed E-state index contributed by atoms with van der Waals surface area (Å²) in [4.78, 5) is 12.0. The molecule has 1 aliphatic rings. The molecule has 0 spiro atoms. The summed E-state index contributed by atoms with van der Waals surface area (Å²) < 4.78 is 0. The first-order chi connectivity index (χ1) is 9.29. The van der Waals surface area contributed by atoms with Crippen molar-refractivity contribution < 1.29 is 4.79 Å². The maximum Gasteiger partial charge on any atom is 0.251 e. The third-order valence-corrected chi connectivity index (χ3v) is 4.29. The van der Waals surface area contributed by atoms with Crippen LogP contribution in [0.1, 0.15) is 22.3 Å². The summed E-state index contributed by atoms with van der Waals surface area (Å²) in [6, 6.07) is 7.31. The molecule has 4 heteroatoms. The number of amides is 1. The Bertz CT molecular complexity index is 481. The van der Waals surface area contributed by atoms with E-state index in [4.69, 9.17) is 5.73 Å². The van der Waals surface area contributed by atoms with E-state index in [0.29, 0.717) is 18.0 Å². The summed E-state index contributed by atoms with van der Waals surface area (Å²) >= 11 is 1.96. The van der Waals surface area contributed by atoms with E-state index in [0.717, 1.165) is 17.9 Å². The van der Waals surface area contributed by atoms with Crippen LogP contribution >= 0.6 is 11.8 Å². The molecule has 0 aromatic heterocycles. The molecule has 0 aliphatic carbocycles. The Morgan fingerprint density at radius 2 is 2.21 bits per heavy atom. The van der Waals surface area contributed by atoms with Gasteiger partial charge in [0.1, 0.15) is 0 Å². The molecule has 1 aliphatic heterocycles. The van der Waals surface area contributed by atoms with E-state index in [1.165, 1.54) is 12.2 Å². The minimum Gasteiger partial charge on any atom is -0.352 e. The molecule has 1 amide bonds. The Hall–Kier alpha value is -1.44. The van der Waals surface area contributed by atoms with Gasteiger partial charge in [-0.1, -0.05) is 11.8 Å². The van der Waals surface area contributed by atoms with Gasteiger partial charge in [0.15, 0.2) is 0 Å². The Morgan fingerprint density at radius 1 is 1.42 bits per heavy atom. The Balaban J connectivity index is 1.88. The fourth-order valence-corrected chi connectivity index (χ4v) is 3.23. The number of carbonyl (C=O) groups is 1. The van der Waals surface area contributed by atoms with Crippen molar-refractivity contribution in [1.82, 2.24) is 5.32 Å². The summed E-state index contributed by atoms with van der Waals surface area (Å²) in [5, 5.41) is 3.00. The highest BCUT2D eigenvalue weighted by Crippen LogP contribution is 2.22. The van der Waals surface area contributed by atoms with Gasteiger partial charge >= 0.3 is 0 Å². The highest BCUT2D eigenvalue weighted by atomic mass is 32.2. The Labute approximate surface area is 118 Å². The van der Waals surface area contributed by atoms with E-state index >= 15 is 0 Å². The second-order valence-electron chi connectivity index (χ2n) is 4.52. The topological polar surface area (TPSA) is 55.1 Å². The number of nitrogens with one attached hydrogen (secondary N) is 1. The number of thioether (sulfide) groups is 1. The van der Waals surface area contributed by atoms with Gasteiger partial charge in [0, 0.05) is 17.7 Å². The van der Waals surface area contributed by atoms with Crippen molar-refractivity contribution in [1.29, 1.82) is 0 Å². The van der Waals surface area contributed by atoms with E-state index < -0.39 is 0 Å². The zero-order valence-electron chi connectivity index (χ0n) is 10.8. The van der Waals surface area contributed by atoms with Crippen molar-refractivity contribution >= 4 is 17.7 Å². The third kappa shape index (κ3) is 4.30. The van der Waals surface area contributed by atoms with E-state index in [-0.39, 0.29) is 5.91 Å². The maximum absolute atomic E-state index is 12.0. The predicted molar refractivity (Wildman–Crippen MR) is 80.1 cm³/mol. The zero-order chi connectivity index (χ0) is 13.5.